The molecule has 59 heavy (non-hydrogen) atoms. The van der Waals surface area contributed by atoms with Crippen molar-refractivity contribution in [1.29, 1.82) is 0 Å². The molecule has 10 heteroatoms. The molecule has 8 rings (SSSR count). The third-order valence-electron chi connectivity index (χ3n) is 12.2. The summed E-state index contributed by atoms with van der Waals surface area (Å²) in [5, 5.41) is 8.67. The zero-order valence-electron chi connectivity index (χ0n) is 33.5. The van der Waals surface area contributed by atoms with Gasteiger partial charge in [0.05, 0.1) is 12.5 Å². The van der Waals surface area contributed by atoms with Crippen molar-refractivity contribution in [2.24, 2.45) is 11.8 Å². The van der Waals surface area contributed by atoms with Gasteiger partial charge in [0.25, 0.3) is 0 Å². The molecule has 10 nitrogen and oxygen atoms in total. The van der Waals surface area contributed by atoms with Gasteiger partial charge in [0.2, 0.25) is 17.7 Å². The van der Waals surface area contributed by atoms with E-state index in [0.29, 0.717) is 45.4 Å². The predicted octanol–water partition coefficient (Wildman–Crippen LogP) is 6.82. The molecule has 0 spiro atoms. The van der Waals surface area contributed by atoms with E-state index in [0.717, 1.165) is 58.0 Å². The number of ether oxygens (including phenoxy) is 1. The average molecular weight is 792 g/mol. The highest BCUT2D eigenvalue weighted by Gasteiger charge is 2.43. The Morgan fingerprint density at radius 3 is 2.12 bits per heavy atom. The molecule has 3 atom stereocenters. The number of nitrogens with zero attached hydrogens (tertiary/aromatic N) is 3. The Labute approximate surface area is 346 Å². The van der Waals surface area contributed by atoms with Crippen molar-refractivity contribution in [2.45, 2.75) is 57.3 Å². The van der Waals surface area contributed by atoms with Gasteiger partial charge in [0.1, 0.15) is 18.7 Å². The minimum Gasteiger partial charge on any atom is -0.445 e. The highest BCUT2D eigenvalue weighted by atomic mass is 16.6. The van der Waals surface area contributed by atoms with E-state index in [9.17, 15) is 19.2 Å². The number of rotatable bonds is 12. The van der Waals surface area contributed by atoms with Gasteiger partial charge in [-0.25, -0.2) is 4.79 Å². The Morgan fingerprint density at radius 2 is 1.39 bits per heavy atom. The molecule has 2 N–H and O–H groups in total. The fourth-order valence-corrected chi connectivity index (χ4v) is 8.77. The first kappa shape index (κ1) is 39.8. The van der Waals surface area contributed by atoms with Crippen LogP contribution in [0.4, 0.5) is 4.79 Å². The van der Waals surface area contributed by atoms with E-state index in [1.54, 1.807) is 9.80 Å². The Bertz CT molecular complexity index is 2220. The summed E-state index contributed by atoms with van der Waals surface area (Å²) in [7, 11) is 0. The molecule has 4 amide bonds. The molecule has 0 aliphatic carbocycles. The molecule has 3 aliphatic heterocycles. The average Bonchev–Trinajstić information content (AvgIpc) is 3.29. The van der Waals surface area contributed by atoms with Crippen molar-refractivity contribution in [3.05, 3.63) is 144 Å². The van der Waals surface area contributed by atoms with Gasteiger partial charge in [-0.2, -0.15) is 0 Å². The first-order valence-corrected chi connectivity index (χ1v) is 21.1. The zero-order valence-corrected chi connectivity index (χ0v) is 33.5. The molecule has 304 valence electrons. The van der Waals surface area contributed by atoms with Crippen LogP contribution >= 0.6 is 0 Å². The van der Waals surface area contributed by atoms with E-state index in [-0.39, 0.29) is 55.3 Å². The highest BCUT2D eigenvalue weighted by Crippen LogP contribution is 2.27. The van der Waals surface area contributed by atoms with Crippen molar-refractivity contribution < 1.29 is 23.9 Å². The third-order valence-corrected chi connectivity index (χ3v) is 12.2. The highest BCUT2D eigenvalue weighted by molar-refractivity contribution is 5.98. The zero-order chi connectivity index (χ0) is 40.6. The van der Waals surface area contributed by atoms with Crippen LogP contribution in [0.1, 0.15) is 42.4 Å². The van der Waals surface area contributed by atoms with Crippen molar-refractivity contribution in [3.8, 4) is 11.1 Å². The number of nitrogens with one attached hydrogen (secondary N) is 2. The van der Waals surface area contributed by atoms with Gasteiger partial charge in [0.15, 0.2) is 0 Å². The van der Waals surface area contributed by atoms with E-state index in [1.165, 1.54) is 0 Å². The molecule has 0 bridgehead atoms. The largest absolute Gasteiger partial charge is 0.445 e. The number of piperidine rings is 2. The number of piperazine rings is 1. The number of fused-ring (bicyclic) bond motifs is 1. The van der Waals surface area contributed by atoms with E-state index in [1.807, 2.05) is 83.8 Å². The molecule has 3 heterocycles. The smallest absolute Gasteiger partial charge is 0.410 e. The number of hydrogen-bond donors (Lipinski definition) is 2. The second-order valence-corrected chi connectivity index (χ2v) is 16.2. The van der Waals surface area contributed by atoms with E-state index in [2.05, 4.69) is 59.2 Å². The molecule has 3 fully saturated rings. The predicted molar refractivity (Wildman–Crippen MR) is 229 cm³/mol. The molecule has 0 aromatic heterocycles. The number of likely N-dealkylation sites (tertiary alicyclic amines) is 1. The number of carbonyl (C=O) groups excluding carboxylic acids is 4. The van der Waals surface area contributed by atoms with Crippen molar-refractivity contribution >= 4 is 34.6 Å². The van der Waals surface area contributed by atoms with Gasteiger partial charge in [-0.3, -0.25) is 14.4 Å². The molecular formula is C49H53N5O5. The Kier molecular flexibility index (Phi) is 12.6. The summed E-state index contributed by atoms with van der Waals surface area (Å²) in [6, 6.07) is 40.6. The fourth-order valence-electron chi connectivity index (χ4n) is 8.77. The molecule has 0 saturated carbocycles. The standard InChI is InChI=1S/C49H53N5O5/c55-46-45(33-53(47(56)43-16-9-25-50-30-43)31-36-23-26-52(27-24-36)49(58)59-34-37-10-3-1-4-11-37)54(32-35-17-20-41(21-18-35)39-12-5-2-6-13-39)48(57)44(51-46)29-38-19-22-40-14-7-8-15-42(40)28-38/h1-8,10-15,17-22,28,36,43-45,50H,9,16,23-27,29-34H2,(H,51,55). The summed E-state index contributed by atoms with van der Waals surface area (Å²) < 4.78 is 5.61. The summed E-state index contributed by atoms with van der Waals surface area (Å²) in [6.07, 6.45) is 3.10. The minimum absolute atomic E-state index is 0.00704. The molecule has 3 saturated heterocycles. The van der Waals surface area contributed by atoms with E-state index < -0.39 is 12.1 Å². The number of hydrogen-bond acceptors (Lipinski definition) is 6. The quantitative estimate of drug-likeness (QED) is 0.144. The SMILES string of the molecule is O=C1NC(Cc2ccc3ccccc3c2)C(=O)N(Cc2ccc(-c3ccccc3)cc2)C1CN(CC1CCN(C(=O)OCc2ccccc2)CC1)C(=O)C1CCCNC1. The first-order valence-electron chi connectivity index (χ1n) is 21.1. The van der Waals surface area contributed by atoms with Crippen LogP contribution in [0.5, 0.6) is 0 Å². The van der Waals surface area contributed by atoms with Crippen molar-refractivity contribution in [3.63, 3.8) is 0 Å². The van der Waals surface area contributed by atoms with Gasteiger partial charge in [-0.1, -0.05) is 127 Å². The molecule has 5 aromatic rings. The lowest BCUT2D eigenvalue weighted by molar-refractivity contribution is -0.153. The first-order chi connectivity index (χ1) is 28.9. The topological polar surface area (TPSA) is 111 Å². The Balaban J connectivity index is 1.01. The Hall–Kier alpha value is -6.00. The van der Waals surface area contributed by atoms with Crippen molar-refractivity contribution in [2.75, 3.05) is 39.3 Å². The molecule has 3 unspecified atom stereocenters. The summed E-state index contributed by atoms with van der Waals surface area (Å²) >= 11 is 0. The maximum Gasteiger partial charge on any atom is 0.410 e. The second-order valence-electron chi connectivity index (χ2n) is 16.2. The van der Waals surface area contributed by atoms with Gasteiger partial charge in [-0.15, -0.1) is 0 Å². The van der Waals surface area contributed by atoms with Crippen LogP contribution in [0.3, 0.4) is 0 Å². The summed E-state index contributed by atoms with van der Waals surface area (Å²) in [5.74, 6) is -0.502. The molecule has 3 aliphatic rings. The third kappa shape index (κ3) is 9.83. The van der Waals surface area contributed by atoms with Gasteiger partial charge < -0.3 is 30.1 Å². The van der Waals surface area contributed by atoms with Gasteiger partial charge >= 0.3 is 6.09 Å². The minimum atomic E-state index is -0.877. The van der Waals surface area contributed by atoms with Crippen LogP contribution in [-0.2, 0) is 38.7 Å². The van der Waals surface area contributed by atoms with E-state index >= 15 is 0 Å². The van der Waals surface area contributed by atoms with E-state index in [4.69, 9.17) is 4.74 Å². The summed E-state index contributed by atoms with van der Waals surface area (Å²) in [6.45, 7) is 3.49. The van der Waals surface area contributed by atoms with Crippen LogP contribution < -0.4 is 10.6 Å². The van der Waals surface area contributed by atoms with Crippen molar-refractivity contribution in [1.82, 2.24) is 25.3 Å². The van der Waals surface area contributed by atoms with Crippen LogP contribution in [0.15, 0.2) is 127 Å². The normalized spacial score (nSPS) is 20.0. The number of benzene rings is 5. The molecule has 0 radical (unpaired) electrons. The molecular weight excluding hydrogens is 739 g/mol. The number of amides is 4. The molecule has 5 aromatic carbocycles. The fraction of sp³-hybridized carbons (Fsp3) is 0.347. The summed E-state index contributed by atoms with van der Waals surface area (Å²) in [5.41, 5.74) is 4.97. The second kappa shape index (κ2) is 18.7. The van der Waals surface area contributed by atoms with Gasteiger partial charge in [-0.05, 0) is 76.7 Å². The van der Waals surface area contributed by atoms with Crippen LogP contribution in [0.25, 0.3) is 21.9 Å². The lowest BCUT2D eigenvalue weighted by atomic mass is 9.93. The lowest BCUT2D eigenvalue weighted by Crippen LogP contribution is -2.66. The number of carbonyl (C=O) groups is 4. The van der Waals surface area contributed by atoms with Gasteiger partial charge in [0, 0.05) is 39.1 Å². The Morgan fingerprint density at radius 1 is 0.712 bits per heavy atom. The monoisotopic (exact) mass is 791 g/mol. The van der Waals surface area contributed by atoms with Crippen LogP contribution in [0.2, 0.25) is 0 Å². The lowest BCUT2D eigenvalue weighted by Gasteiger charge is -2.43. The summed E-state index contributed by atoms with van der Waals surface area (Å²) in [4.78, 5) is 61.8. The van der Waals surface area contributed by atoms with Crippen LogP contribution in [0, 0.1) is 11.8 Å². The maximum absolute atomic E-state index is 14.7. The van der Waals surface area contributed by atoms with Crippen LogP contribution in [-0.4, -0.2) is 89.9 Å². The maximum atomic E-state index is 14.7.